The topological polar surface area (TPSA) is 84.6 Å². The van der Waals surface area contributed by atoms with Crippen molar-refractivity contribution in [3.05, 3.63) is 0 Å². The van der Waals surface area contributed by atoms with Gasteiger partial charge in [-0.25, -0.2) is 0 Å². The van der Waals surface area contributed by atoms with Crippen molar-refractivity contribution < 1.29 is 14.6 Å². The zero-order valence-electron chi connectivity index (χ0n) is 10.2. The van der Waals surface area contributed by atoms with Gasteiger partial charge in [0.1, 0.15) is 6.04 Å². The van der Waals surface area contributed by atoms with E-state index in [9.17, 15) is 4.79 Å². The van der Waals surface area contributed by atoms with E-state index in [2.05, 4.69) is 12.2 Å². The third-order valence-electron chi connectivity index (χ3n) is 2.48. The van der Waals surface area contributed by atoms with Crippen molar-refractivity contribution in [1.29, 1.82) is 0 Å². The van der Waals surface area contributed by atoms with Gasteiger partial charge in [0, 0.05) is 20.3 Å². The number of amides is 1. The summed E-state index contributed by atoms with van der Waals surface area (Å²) in [5.74, 6) is 0.134. The Morgan fingerprint density at radius 1 is 1.50 bits per heavy atom. The summed E-state index contributed by atoms with van der Waals surface area (Å²) >= 11 is 0. The maximum absolute atomic E-state index is 11.5. The van der Waals surface area contributed by atoms with Gasteiger partial charge in [-0.3, -0.25) is 4.79 Å². The van der Waals surface area contributed by atoms with Gasteiger partial charge in [-0.05, 0) is 18.8 Å². The second-order valence-electron chi connectivity index (χ2n) is 3.97. The molecule has 0 radical (unpaired) electrons. The number of methoxy groups -OCH3 is 1. The summed E-state index contributed by atoms with van der Waals surface area (Å²) in [7, 11) is 1.51. The summed E-state index contributed by atoms with van der Waals surface area (Å²) in [5, 5.41) is 11.6. The van der Waals surface area contributed by atoms with E-state index in [0.29, 0.717) is 18.9 Å². The van der Waals surface area contributed by atoms with Crippen LogP contribution in [0.3, 0.4) is 0 Å². The Morgan fingerprint density at radius 3 is 2.69 bits per heavy atom. The third kappa shape index (κ3) is 6.76. The molecule has 0 fully saturated rings. The minimum atomic E-state index is -0.610. The zero-order valence-corrected chi connectivity index (χ0v) is 10.2. The molecule has 0 bridgehead atoms. The Balaban J connectivity index is 3.85. The molecule has 0 heterocycles. The Kier molecular flexibility index (Phi) is 9.18. The molecule has 16 heavy (non-hydrogen) atoms. The maximum atomic E-state index is 11.5. The number of nitrogens with two attached hydrogens (primary N) is 1. The summed E-state index contributed by atoms with van der Waals surface area (Å²) < 4.78 is 4.80. The SMILES string of the molecule is CCCC(CCO)CNC(=O)C(N)COC. The molecule has 0 aliphatic rings. The number of aliphatic hydroxyl groups is 1. The van der Waals surface area contributed by atoms with Crippen molar-refractivity contribution in [2.75, 3.05) is 26.9 Å². The number of hydrogen-bond acceptors (Lipinski definition) is 4. The second kappa shape index (κ2) is 9.57. The first kappa shape index (κ1) is 15.3. The highest BCUT2D eigenvalue weighted by molar-refractivity contribution is 5.81. The fourth-order valence-electron chi connectivity index (χ4n) is 1.57. The van der Waals surface area contributed by atoms with Crippen LogP contribution in [0.1, 0.15) is 26.2 Å². The Labute approximate surface area is 97.3 Å². The lowest BCUT2D eigenvalue weighted by Gasteiger charge is -2.17. The monoisotopic (exact) mass is 232 g/mol. The van der Waals surface area contributed by atoms with Gasteiger partial charge in [0.05, 0.1) is 6.61 Å². The van der Waals surface area contributed by atoms with Crippen molar-refractivity contribution in [2.45, 2.75) is 32.2 Å². The summed E-state index contributed by atoms with van der Waals surface area (Å²) in [6, 6.07) is -0.610. The van der Waals surface area contributed by atoms with Crippen LogP contribution < -0.4 is 11.1 Å². The predicted octanol–water partition coefficient (Wildman–Crippen LogP) is -0.125. The molecule has 2 atom stereocenters. The summed E-state index contributed by atoms with van der Waals surface area (Å²) in [6.07, 6.45) is 2.76. The van der Waals surface area contributed by atoms with Crippen LogP contribution >= 0.6 is 0 Å². The minimum Gasteiger partial charge on any atom is -0.396 e. The normalized spacial score (nSPS) is 14.5. The van der Waals surface area contributed by atoms with Crippen molar-refractivity contribution in [2.24, 2.45) is 11.7 Å². The second-order valence-corrected chi connectivity index (χ2v) is 3.97. The largest absolute Gasteiger partial charge is 0.396 e. The van der Waals surface area contributed by atoms with Crippen molar-refractivity contribution in [3.63, 3.8) is 0 Å². The van der Waals surface area contributed by atoms with Gasteiger partial charge in [0.15, 0.2) is 0 Å². The molecule has 0 aromatic carbocycles. The highest BCUT2D eigenvalue weighted by Gasteiger charge is 2.14. The van der Waals surface area contributed by atoms with E-state index in [1.807, 2.05) is 0 Å². The Hall–Kier alpha value is -0.650. The average molecular weight is 232 g/mol. The minimum absolute atomic E-state index is 0.157. The number of ether oxygens (including phenoxy) is 1. The fourth-order valence-corrected chi connectivity index (χ4v) is 1.57. The summed E-state index contributed by atoms with van der Waals surface area (Å²) in [4.78, 5) is 11.5. The lowest BCUT2D eigenvalue weighted by molar-refractivity contribution is -0.123. The van der Waals surface area contributed by atoms with E-state index in [-0.39, 0.29) is 19.1 Å². The molecule has 0 spiro atoms. The Morgan fingerprint density at radius 2 is 2.19 bits per heavy atom. The van der Waals surface area contributed by atoms with Gasteiger partial charge in [0.25, 0.3) is 0 Å². The van der Waals surface area contributed by atoms with Crippen molar-refractivity contribution in [1.82, 2.24) is 5.32 Å². The first-order valence-corrected chi connectivity index (χ1v) is 5.78. The molecule has 0 saturated carbocycles. The number of carbonyl (C=O) groups excluding carboxylic acids is 1. The van der Waals surface area contributed by atoms with Crippen LogP contribution in [0, 0.1) is 5.92 Å². The highest BCUT2D eigenvalue weighted by Crippen LogP contribution is 2.09. The van der Waals surface area contributed by atoms with E-state index in [4.69, 9.17) is 15.6 Å². The molecule has 1 amide bonds. The van der Waals surface area contributed by atoms with E-state index in [1.54, 1.807) is 0 Å². The van der Waals surface area contributed by atoms with Gasteiger partial charge >= 0.3 is 0 Å². The lowest BCUT2D eigenvalue weighted by Crippen LogP contribution is -2.45. The van der Waals surface area contributed by atoms with Gasteiger partial charge in [-0.2, -0.15) is 0 Å². The van der Waals surface area contributed by atoms with Gasteiger partial charge in [-0.1, -0.05) is 13.3 Å². The van der Waals surface area contributed by atoms with Gasteiger partial charge < -0.3 is 20.9 Å². The highest BCUT2D eigenvalue weighted by atomic mass is 16.5. The van der Waals surface area contributed by atoms with Crippen LogP contribution in [-0.2, 0) is 9.53 Å². The molecule has 0 aromatic heterocycles. The average Bonchev–Trinajstić information content (AvgIpc) is 2.26. The quantitative estimate of drug-likeness (QED) is 0.517. The standard InChI is InChI=1S/C11H24N2O3/c1-3-4-9(5-6-14)7-13-11(15)10(12)8-16-2/h9-10,14H,3-8,12H2,1-2H3,(H,13,15). The van der Waals surface area contributed by atoms with Crippen LogP contribution in [-0.4, -0.2) is 43.9 Å². The Bertz CT molecular complexity index is 182. The van der Waals surface area contributed by atoms with Crippen LogP contribution in [0.5, 0.6) is 0 Å². The predicted molar refractivity (Wildman–Crippen MR) is 63.0 cm³/mol. The van der Waals surface area contributed by atoms with E-state index in [1.165, 1.54) is 7.11 Å². The smallest absolute Gasteiger partial charge is 0.239 e. The molecule has 5 nitrogen and oxygen atoms in total. The number of nitrogens with one attached hydrogen (secondary N) is 1. The first-order valence-electron chi connectivity index (χ1n) is 5.78. The molecular formula is C11H24N2O3. The van der Waals surface area contributed by atoms with Crippen LogP contribution in [0.15, 0.2) is 0 Å². The molecule has 4 N–H and O–H groups in total. The molecular weight excluding hydrogens is 208 g/mol. The first-order chi connectivity index (χ1) is 7.65. The lowest BCUT2D eigenvalue weighted by atomic mass is 10.0. The molecule has 2 unspecified atom stereocenters. The van der Waals surface area contributed by atoms with Crippen molar-refractivity contribution in [3.8, 4) is 0 Å². The van der Waals surface area contributed by atoms with Crippen LogP contribution in [0.2, 0.25) is 0 Å². The molecule has 96 valence electrons. The van der Waals surface area contributed by atoms with Gasteiger partial charge in [0.2, 0.25) is 5.91 Å². The van der Waals surface area contributed by atoms with E-state index >= 15 is 0 Å². The zero-order chi connectivity index (χ0) is 12.4. The molecule has 0 saturated heterocycles. The number of hydrogen-bond donors (Lipinski definition) is 3. The molecule has 0 rings (SSSR count). The molecule has 0 aliphatic carbocycles. The molecule has 0 aliphatic heterocycles. The van der Waals surface area contributed by atoms with Crippen LogP contribution in [0.4, 0.5) is 0 Å². The summed E-state index contributed by atoms with van der Waals surface area (Å²) in [5.41, 5.74) is 5.58. The van der Waals surface area contributed by atoms with Crippen LogP contribution in [0.25, 0.3) is 0 Å². The number of carbonyl (C=O) groups is 1. The van der Waals surface area contributed by atoms with Crippen molar-refractivity contribution >= 4 is 5.91 Å². The molecule has 0 aromatic rings. The summed E-state index contributed by atoms with van der Waals surface area (Å²) in [6.45, 7) is 3.04. The van der Waals surface area contributed by atoms with E-state index < -0.39 is 6.04 Å². The van der Waals surface area contributed by atoms with E-state index in [0.717, 1.165) is 12.8 Å². The number of aliphatic hydroxyl groups excluding tert-OH is 1. The third-order valence-corrected chi connectivity index (χ3v) is 2.48. The fraction of sp³-hybridized carbons (Fsp3) is 0.909. The number of rotatable bonds is 9. The molecule has 5 heteroatoms. The maximum Gasteiger partial charge on any atom is 0.239 e. The van der Waals surface area contributed by atoms with Gasteiger partial charge in [-0.15, -0.1) is 0 Å².